The Bertz CT molecular complexity index is 895. The summed E-state index contributed by atoms with van der Waals surface area (Å²) in [5.41, 5.74) is 3.82. The summed E-state index contributed by atoms with van der Waals surface area (Å²) in [6.45, 7) is 0. The van der Waals surface area contributed by atoms with Crippen molar-refractivity contribution < 1.29 is 14.6 Å². The molecule has 2 aromatic carbocycles. The number of carboxylic acid groups (broad SMARTS) is 1. The van der Waals surface area contributed by atoms with Gasteiger partial charge in [0.25, 0.3) is 0 Å². The van der Waals surface area contributed by atoms with Crippen LogP contribution in [0, 0.1) is 0 Å². The maximum Gasteiger partial charge on any atom is 0.328 e. The molecule has 0 atom stereocenters. The molecule has 5 nitrogen and oxygen atoms in total. The summed E-state index contributed by atoms with van der Waals surface area (Å²) in [5, 5.41) is 8.65. The first-order valence-electron chi connectivity index (χ1n) is 7.83. The maximum absolute atomic E-state index is 10.5. The molecule has 0 aliphatic rings. The van der Waals surface area contributed by atoms with Crippen molar-refractivity contribution in [2.75, 3.05) is 7.11 Å². The number of hydrogen-bond acceptors (Lipinski definition) is 3. The van der Waals surface area contributed by atoms with Gasteiger partial charge >= 0.3 is 5.97 Å². The summed E-state index contributed by atoms with van der Waals surface area (Å²) < 4.78 is 5.38. The van der Waals surface area contributed by atoms with Crippen LogP contribution in [-0.2, 0) is 11.2 Å². The zero-order chi connectivity index (χ0) is 17.6. The SMILES string of the molecule is COc1ccccc1-c1cnc(Cc2ccc(C=CC(=O)O)cc2)[nH]1. The Hall–Kier alpha value is -3.34. The number of carbonyl (C=O) groups is 1. The van der Waals surface area contributed by atoms with Crippen molar-refractivity contribution in [2.24, 2.45) is 0 Å². The van der Waals surface area contributed by atoms with E-state index >= 15 is 0 Å². The highest BCUT2D eigenvalue weighted by Gasteiger charge is 2.08. The van der Waals surface area contributed by atoms with E-state index in [-0.39, 0.29) is 0 Å². The lowest BCUT2D eigenvalue weighted by Gasteiger charge is -2.05. The molecule has 3 rings (SSSR count). The average Bonchev–Trinajstić information content (AvgIpc) is 3.09. The van der Waals surface area contributed by atoms with Crippen LogP contribution in [0.15, 0.2) is 60.8 Å². The minimum Gasteiger partial charge on any atom is -0.496 e. The van der Waals surface area contributed by atoms with Crippen molar-refractivity contribution in [3.05, 3.63) is 77.8 Å². The Morgan fingerprint density at radius 3 is 2.68 bits per heavy atom. The smallest absolute Gasteiger partial charge is 0.328 e. The summed E-state index contributed by atoms with van der Waals surface area (Å²) in [5.74, 6) is 0.700. The summed E-state index contributed by atoms with van der Waals surface area (Å²) in [6.07, 6.45) is 5.16. The average molecular weight is 334 g/mol. The van der Waals surface area contributed by atoms with Crippen LogP contribution in [0.5, 0.6) is 5.75 Å². The van der Waals surface area contributed by atoms with Crippen LogP contribution in [0.3, 0.4) is 0 Å². The van der Waals surface area contributed by atoms with E-state index in [1.807, 2.05) is 48.5 Å². The summed E-state index contributed by atoms with van der Waals surface area (Å²) in [7, 11) is 1.65. The zero-order valence-electron chi connectivity index (χ0n) is 13.8. The molecule has 0 aliphatic carbocycles. The molecule has 0 aliphatic heterocycles. The third-order valence-corrected chi connectivity index (χ3v) is 3.80. The van der Waals surface area contributed by atoms with Gasteiger partial charge in [-0.2, -0.15) is 0 Å². The van der Waals surface area contributed by atoms with Crippen LogP contribution in [-0.4, -0.2) is 28.2 Å². The molecule has 1 aromatic heterocycles. The van der Waals surface area contributed by atoms with Gasteiger partial charge in [0.05, 0.1) is 19.0 Å². The zero-order valence-corrected chi connectivity index (χ0v) is 13.8. The van der Waals surface area contributed by atoms with Crippen molar-refractivity contribution in [3.8, 4) is 17.0 Å². The number of nitrogens with zero attached hydrogens (tertiary/aromatic N) is 1. The Morgan fingerprint density at radius 2 is 1.96 bits per heavy atom. The number of aromatic amines is 1. The number of para-hydroxylation sites is 1. The third-order valence-electron chi connectivity index (χ3n) is 3.80. The third kappa shape index (κ3) is 4.14. The fourth-order valence-corrected chi connectivity index (χ4v) is 2.56. The molecule has 0 spiro atoms. The van der Waals surface area contributed by atoms with Crippen LogP contribution >= 0.6 is 0 Å². The molecule has 126 valence electrons. The Labute approximate surface area is 145 Å². The highest BCUT2D eigenvalue weighted by atomic mass is 16.5. The molecule has 0 radical (unpaired) electrons. The lowest BCUT2D eigenvalue weighted by Crippen LogP contribution is -1.92. The number of H-pyrrole nitrogens is 1. The molecule has 1 heterocycles. The van der Waals surface area contributed by atoms with E-state index in [9.17, 15) is 4.79 Å². The lowest BCUT2D eigenvalue weighted by atomic mass is 10.1. The molecule has 0 saturated heterocycles. The highest BCUT2D eigenvalue weighted by molar-refractivity contribution is 5.85. The molecule has 5 heteroatoms. The van der Waals surface area contributed by atoms with Crippen LogP contribution in [0.2, 0.25) is 0 Å². The van der Waals surface area contributed by atoms with Gasteiger partial charge in [-0.25, -0.2) is 9.78 Å². The maximum atomic E-state index is 10.5. The molecular formula is C20H18N2O3. The quantitative estimate of drug-likeness (QED) is 0.673. The van der Waals surface area contributed by atoms with E-state index in [4.69, 9.17) is 9.84 Å². The second-order valence-electron chi connectivity index (χ2n) is 5.53. The number of imidazole rings is 1. The molecule has 0 saturated carbocycles. The number of rotatable bonds is 6. The van der Waals surface area contributed by atoms with Gasteiger partial charge in [-0.1, -0.05) is 36.4 Å². The van der Waals surface area contributed by atoms with Crippen molar-refractivity contribution in [1.29, 1.82) is 0 Å². The second-order valence-corrected chi connectivity index (χ2v) is 5.53. The standard InChI is InChI=1S/C20H18N2O3/c1-25-18-5-3-2-4-16(18)17-13-21-19(22-17)12-15-8-6-14(7-9-15)10-11-20(23)24/h2-11,13H,12H2,1H3,(H,21,22)(H,23,24). The van der Waals surface area contributed by atoms with Gasteiger partial charge in [0, 0.05) is 18.1 Å². The molecule has 0 unspecified atom stereocenters. The van der Waals surface area contributed by atoms with Gasteiger partial charge < -0.3 is 14.8 Å². The lowest BCUT2D eigenvalue weighted by molar-refractivity contribution is -0.131. The molecule has 2 N–H and O–H groups in total. The van der Waals surface area contributed by atoms with Crippen LogP contribution in [0.1, 0.15) is 17.0 Å². The Morgan fingerprint density at radius 1 is 1.20 bits per heavy atom. The number of benzene rings is 2. The van der Waals surface area contributed by atoms with E-state index in [2.05, 4.69) is 9.97 Å². The number of aromatic nitrogens is 2. The summed E-state index contributed by atoms with van der Waals surface area (Å²) in [4.78, 5) is 18.3. The minimum absolute atomic E-state index is 0.665. The van der Waals surface area contributed by atoms with E-state index in [1.165, 1.54) is 0 Å². The van der Waals surface area contributed by atoms with Gasteiger partial charge in [0.15, 0.2) is 0 Å². The van der Waals surface area contributed by atoms with E-state index in [1.54, 1.807) is 19.4 Å². The number of ether oxygens (including phenoxy) is 1. The number of nitrogens with one attached hydrogen (secondary N) is 1. The Balaban J connectivity index is 1.74. The normalized spacial score (nSPS) is 10.9. The molecule has 3 aromatic rings. The fraction of sp³-hybridized carbons (Fsp3) is 0.100. The first kappa shape index (κ1) is 16.5. The predicted octanol–water partition coefficient (Wildman–Crippen LogP) is 3.77. The molecule has 25 heavy (non-hydrogen) atoms. The topological polar surface area (TPSA) is 75.2 Å². The molecule has 0 amide bonds. The van der Waals surface area contributed by atoms with Crippen LogP contribution in [0.25, 0.3) is 17.3 Å². The van der Waals surface area contributed by atoms with Gasteiger partial charge in [0.1, 0.15) is 11.6 Å². The summed E-state index contributed by atoms with van der Waals surface area (Å²) >= 11 is 0. The van der Waals surface area contributed by atoms with Crippen molar-refractivity contribution in [3.63, 3.8) is 0 Å². The number of aliphatic carboxylic acids is 1. The second kappa shape index (κ2) is 7.49. The molecular weight excluding hydrogens is 316 g/mol. The first-order chi connectivity index (χ1) is 12.2. The van der Waals surface area contributed by atoms with Gasteiger partial charge in [-0.15, -0.1) is 0 Å². The van der Waals surface area contributed by atoms with Crippen LogP contribution in [0.4, 0.5) is 0 Å². The number of hydrogen-bond donors (Lipinski definition) is 2. The van der Waals surface area contributed by atoms with Crippen LogP contribution < -0.4 is 4.74 Å². The Kier molecular flexibility index (Phi) is 4.95. The molecule has 0 bridgehead atoms. The predicted molar refractivity (Wildman–Crippen MR) is 96.5 cm³/mol. The van der Waals surface area contributed by atoms with E-state index in [0.29, 0.717) is 6.42 Å². The largest absolute Gasteiger partial charge is 0.496 e. The summed E-state index contributed by atoms with van der Waals surface area (Å²) in [6, 6.07) is 15.5. The van der Waals surface area contributed by atoms with Gasteiger partial charge in [0.2, 0.25) is 0 Å². The minimum atomic E-state index is -0.955. The van der Waals surface area contributed by atoms with E-state index < -0.39 is 5.97 Å². The number of carboxylic acids is 1. The number of methoxy groups -OCH3 is 1. The monoisotopic (exact) mass is 334 g/mol. The van der Waals surface area contributed by atoms with E-state index in [0.717, 1.165) is 40.0 Å². The highest BCUT2D eigenvalue weighted by Crippen LogP contribution is 2.28. The van der Waals surface area contributed by atoms with Crippen molar-refractivity contribution in [2.45, 2.75) is 6.42 Å². The van der Waals surface area contributed by atoms with Gasteiger partial charge in [-0.3, -0.25) is 0 Å². The van der Waals surface area contributed by atoms with Gasteiger partial charge in [-0.05, 0) is 29.3 Å². The van der Waals surface area contributed by atoms with Crippen molar-refractivity contribution in [1.82, 2.24) is 9.97 Å². The fourth-order valence-electron chi connectivity index (χ4n) is 2.56. The first-order valence-corrected chi connectivity index (χ1v) is 7.83. The van der Waals surface area contributed by atoms with Crippen molar-refractivity contribution >= 4 is 12.0 Å². The molecule has 0 fully saturated rings.